The number of ether oxygens (including phenoxy) is 2. The Labute approximate surface area is 108 Å². The number of methoxy groups -OCH3 is 1. The molecular formula is C13H20N2O3. The Bertz CT molecular complexity index is 392. The SMILES string of the molecule is CCO[C@](C)(CC)C(=O)Nc1ccc(OC)nc1. The Morgan fingerprint density at radius 1 is 1.44 bits per heavy atom. The number of amides is 1. The first-order valence-electron chi connectivity index (χ1n) is 6.01. The molecule has 1 amide bonds. The van der Waals surface area contributed by atoms with Gasteiger partial charge in [0.2, 0.25) is 5.88 Å². The molecule has 1 heterocycles. The van der Waals surface area contributed by atoms with Crippen molar-refractivity contribution >= 4 is 11.6 Å². The van der Waals surface area contributed by atoms with Crippen molar-refractivity contribution in [2.45, 2.75) is 32.8 Å². The summed E-state index contributed by atoms with van der Waals surface area (Å²) in [6.45, 7) is 6.07. The highest BCUT2D eigenvalue weighted by atomic mass is 16.5. The van der Waals surface area contributed by atoms with Crippen LogP contribution in [0.15, 0.2) is 18.3 Å². The summed E-state index contributed by atoms with van der Waals surface area (Å²) in [6.07, 6.45) is 2.16. The van der Waals surface area contributed by atoms with Crippen LogP contribution in [0, 0.1) is 0 Å². The van der Waals surface area contributed by atoms with Gasteiger partial charge in [-0.15, -0.1) is 0 Å². The summed E-state index contributed by atoms with van der Waals surface area (Å²) >= 11 is 0. The first-order valence-corrected chi connectivity index (χ1v) is 6.01. The summed E-state index contributed by atoms with van der Waals surface area (Å²) in [6, 6.07) is 3.44. The fourth-order valence-electron chi connectivity index (χ4n) is 1.49. The van der Waals surface area contributed by atoms with Gasteiger partial charge in [-0.25, -0.2) is 4.98 Å². The molecule has 1 aromatic heterocycles. The fourth-order valence-corrected chi connectivity index (χ4v) is 1.49. The van der Waals surface area contributed by atoms with E-state index < -0.39 is 5.60 Å². The minimum absolute atomic E-state index is 0.168. The van der Waals surface area contributed by atoms with E-state index in [2.05, 4.69) is 10.3 Å². The molecule has 5 nitrogen and oxygen atoms in total. The summed E-state index contributed by atoms with van der Waals surface area (Å²) in [5, 5.41) is 2.79. The van der Waals surface area contributed by atoms with Crippen LogP contribution < -0.4 is 10.1 Å². The number of nitrogens with one attached hydrogen (secondary N) is 1. The third kappa shape index (κ3) is 3.43. The minimum Gasteiger partial charge on any atom is -0.481 e. The number of pyridine rings is 1. The van der Waals surface area contributed by atoms with Crippen molar-refractivity contribution in [1.82, 2.24) is 4.98 Å². The second kappa shape index (κ2) is 6.35. The second-order valence-electron chi connectivity index (χ2n) is 4.06. The monoisotopic (exact) mass is 252 g/mol. The Morgan fingerprint density at radius 3 is 2.61 bits per heavy atom. The molecule has 1 rings (SSSR count). The highest BCUT2D eigenvalue weighted by Gasteiger charge is 2.31. The summed E-state index contributed by atoms with van der Waals surface area (Å²) in [7, 11) is 1.55. The van der Waals surface area contributed by atoms with Gasteiger partial charge in [0.05, 0.1) is 19.0 Å². The van der Waals surface area contributed by atoms with Crippen molar-refractivity contribution in [3.63, 3.8) is 0 Å². The Morgan fingerprint density at radius 2 is 2.17 bits per heavy atom. The first-order chi connectivity index (χ1) is 8.55. The van der Waals surface area contributed by atoms with Gasteiger partial charge in [-0.2, -0.15) is 0 Å². The maximum absolute atomic E-state index is 12.1. The molecule has 0 spiro atoms. The molecule has 0 unspecified atom stereocenters. The van der Waals surface area contributed by atoms with Crippen LogP contribution >= 0.6 is 0 Å². The maximum atomic E-state index is 12.1. The molecular weight excluding hydrogens is 232 g/mol. The maximum Gasteiger partial charge on any atom is 0.256 e. The normalized spacial score (nSPS) is 13.8. The summed E-state index contributed by atoms with van der Waals surface area (Å²) < 4.78 is 10.5. The van der Waals surface area contributed by atoms with Gasteiger partial charge >= 0.3 is 0 Å². The predicted octanol–water partition coefficient (Wildman–Crippen LogP) is 2.23. The van der Waals surface area contributed by atoms with Crippen molar-refractivity contribution in [3.8, 4) is 5.88 Å². The third-order valence-corrected chi connectivity index (χ3v) is 2.82. The van der Waals surface area contributed by atoms with E-state index >= 15 is 0 Å². The van der Waals surface area contributed by atoms with Crippen LogP contribution in [0.5, 0.6) is 5.88 Å². The average Bonchev–Trinajstić information content (AvgIpc) is 2.39. The van der Waals surface area contributed by atoms with Gasteiger partial charge in [-0.05, 0) is 26.3 Å². The zero-order chi connectivity index (χ0) is 13.6. The smallest absolute Gasteiger partial charge is 0.256 e. The van der Waals surface area contributed by atoms with Crippen molar-refractivity contribution < 1.29 is 14.3 Å². The Kier molecular flexibility index (Phi) is 5.09. The molecule has 0 fully saturated rings. The summed E-state index contributed by atoms with van der Waals surface area (Å²) in [5.74, 6) is 0.342. The van der Waals surface area contributed by atoms with Crippen LogP contribution in [0.4, 0.5) is 5.69 Å². The molecule has 100 valence electrons. The number of aromatic nitrogens is 1. The molecule has 1 aromatic rings. The minimum atomic E-state index is -0.811. The Balaban J connectivity index is 2.73. The quantitative estimate of drug-likeness (QED) is 0.843. The third-order valence-electron chi connectivity index (χ3n) is 2.82. The van der Waals surface area contributed by atoms with E-state index in [1.165, 1.54) is 0 Å². The lowest BCUT2D eigenvalue weighted by Crippen LogP contribution is -2.42. The zero-order valence-electron chi connectivity index (χ0n) is 11.3. The van der Waals surface area contributed by atoms with E-state index in [0.29, 0.717) is 24.6 Å². The van der Waals surface area contributed by atoms with E-state index in [9.17, 15) is 4.79 Å². The summed E-state index contributed by atoms with van der Waals surface area (Å²) in [5.41, 5.74) is -0.186. The first kappa shape index (κ1) is 14.4. The number of anilines is 1. The lowest BCUT2D eigenvalue weighted by atomic mass is 10.0. The van der Waals surface area contributed by atoms with Gasteiger partial charge in [0.1, 0.15) is 5.60 Å². The lowest BCUT2D eigenvalue weighted by molar-refractivity contribution is -0.139. The molecule has 0 aromatic carbocycles. The van der Waals surface area contributed by atoms with Crippen LogP contribution in [0.3, 0.4) is 0 Å². The van der Waals surface area contributed by atoms with Gasteiger partial charge < -0.3 is 14.8 Å². The van der Waals surface area contributed by atoms with Crippen LogP contribution in [0.2, 0.25) is 0 Å². The van der Waals surface area contributed by atoms with E-state index in [0.717, 1.165) is 0 Å². The van der Waals surface area contributed by atoms with Crippen LogP contribution in [0.25, 0.3) is 0 Å². The van der Waals surface area contributed by atoms with E-state index in [1.807, 2.05) is 13.8 Å². The van der Waals surface area contributed by atoms with Gasteiger partial charge in [-0.1, -0.05) is 6.92 Å². The lowest BCUT2D eigenvalue weighted by Gasteiger charge is -2.26. The Hall–Kier alpha value is -1.62. The highest BCUT2D eigenvalue weighted by Crippen LogP contribution is 2.19. The molecule has 0 aliphatic heterocycles. The van der Waals surface area contributed by atoms with Gasteiger partial charge in [0, 0.05) is 12.7 Å². The van der Waals surface area contributed by atoms with E-state index in [-0.39, 0.29) is 5.91 Å². The number of nitrogens with zero attached hydrogens (tertiary/aromatic N) is 1. The number of carbonyl (C=O) groups excluding carboxylic acids is 1. The topological polar surface area (TPSA) is 60.5 Å². The zero-order valence-corrected chi connectivity index (χ0v) is 11.3. The number of carbonyl (C=O) groups is 1. The fraction of sp³-hybridized carbons (Fsp3) is 0.538. The second-order valence-corrected chi connectivity index (χ2v) is 4.06. The number of rotatable bonds is 6. The molecule has 1 atom stereocenters. The molecule has 0 bridgehead atoms. The number of hydrogen-bond donors (Lipinski definition) is 1. The van der Waals surface area contributed by atoms with Crippen LogP contribution in [0.1, 0.15) is 27.2 Å². The predicted molar refractivity (Wildman–Crippen MR) is 69.7 cm³/mol. The molecule has 0 aliphatic carbocycles. The molecule has 0 saturated heterocycles. The molecule has 18 heavy (non-hydrogen) atoms. The summed E-state index contributed by atoms with van der Waals surface area (Å²) in [4.78, 5) is 16.1. The molecule has 0 saturated carbocycles. The van der Waals surface area contributed by atoms with Gasteiger partial charge in [0.25, 0.3) is 5.91 Å². The van der Waals surface area contributed by atoms with Crippen LogP contribution in [-0.2, 0) is 9.53 Å². The van der Waals surface area contributed by atoms with Crippen LogP contribution in [-0.4, -0.2) is 30.2 Å². The van der Waals surface area contributed by atoms with Gasteiger partial charge in [-0.3, -0.25) is 4.79 Å². The number of hydrogen-bond acceptors (Lipinski definition) is 4. The van der Waals surface area contributed by atoms with Crippen molar-refractivity contribution in [2.75, 3.05) is 19.0 Å². The average molecular weight is 252 g/mol. The van der Waals surface area contributed by atoms with E-state index in [4.69, 9.17) is 9.47 Å². The standard InChI is InChI=1S/C13H20N2O3/c1-5-13(3,18-6-2)12(16)15-10-7-8-11(17-4)14-9-10/h7-9H,5-6H2,1-4H3,(H,15,16)/t13-/m1/s1. The molecule has 1 N–H and O–H groups in total. The largest absolute Gasteiger partial charge is 0.481 e. The van der Waals surface area contributed by atoms with Crippen molar-refractivity contribution in [2.24, 2.45) is 0 Å². The van der Waals surface area contributed by atoms with Crippen molar-refractivity contribution in [3.05, 3.63) is 18.3 Å². The highest BCUT2D eigenvalue weighted by molar-refractivity contribution is 5.96. The molecule has 0 radical (unpaired) electrons. The molecule has 0 aliphatic rings. The van der Waals surface area contributed by atoms with E-state index in [1.54, 1.807) is 32.4 Å². The van der Waals surface area contributed by atoms with Crippen molar-refractivity contribution in [1.29, 1.82) is 0 Å². The van der Waals surface area contributed by atoms with Gasteiger partial charge in [0.15, 0.2) is 0 Å². The molecule has 5 heteroatoms.